The molecule has 0 atom stereocenters. The standard InChI is InChI=1S/C10H21N5O2S/c1-4-14(3)7-6-12-18(16,17)9-8-15(5-2)13-10(9)11/h8,12H,4-7H2,1-3H3,(H2,11,13). The Kier molecular flexibility index (Phi) is 5.12. The van der Waals surface area contributed by atoms with Gasteiger partial charge in [-0.25, -0.2) is 13.1 Å². The highest BCUT2D eigenvalue weighted by molar-refractivity contribution is 7.89. The third-order valence-electron chi connectivity index (χ3n) is 2.69. The Bertz CT molecular complexity index is 482. The molecule has 8 heteroatoms. The second-order valence-electron chi connectivity index (χ2n) is 4.03. The molecule has 1 heterocycles. The Morgan fingerprint density at radius 1 is 1.50 bits per heavy atom. The zero-order chi connectivity index (χ0) is 13.8. The van der Waals surface area contributed by atoms with Crippen LogP contribution in [0.15, 0.2) is 11.1 Å². The number of aryl methyl sites for hydroxylation is 1. The maximum absolute atomic E-state index is 12.0. The second kappa shape index (κ2) is 6.17. The molecule has 0 bridgehead atoms. The van der Waals surface area contributed by atoms with Crippen molar-refractivity contribution in [3.8, 4) is 0 Å². The molecule has 0 aromatic carbocycles. The van der Waals surface area contributed by atoms with E-state index in [0.717, 1.165) is 6.54 Å². The summed E-state index contributed by atoms with van der Waals surface area (Å²) in [6, 6.07) is 0. The van der Waals surface area contributed by atoms with Gasteiger partial charge in [0.05, 0.1) is 0 Å². The van der Waals surface area contributed by atoms with E-state index in [1.165, 1.54) is 10.9 Å². The fourth-order valence-corrected chi connectivity index (χ4v) is 2.49. The van der Waals surface area contributed by atoms with Crippen LogP contribution in [-0.4, -0.2) is 49.8 Å². The normalized spacial score (nSPS) is 12.2. The fourth-order valence-electron chi connectivity index (χ4n) is 1.39. The van der Waals surface area contributed by atoms with E-state index in [1.807, 2.05) is 25.8 Å². The van der Waals surface area contributed by atoms with Crippen LogP contribution in [0.1, 0.15) is 13.8 Å². The summed E-state index contributed by atoms with van der Waals surface area (Å²) in [7, 11) is -1.64. The lowest BCUT2D eigenvalue weighted by Crippen LogP contribution is -2.33. The van der Waals surface area contributed by atoms with Crippen LogP contribution in [0.3, 0.4) is 0 Å². The summed E-state index contributed by atoms with van der Waals surface area (Å²) >= 11 is 0. The Labute approximate surface area is 108 Å². The predicted molar refractivity (Wildman–Crippen MR) is 70.7 cm³/mol. The van der Waals surface area contributed by atoms with Crippen molar-refractivity contribution in [1.29, 1.82) is 0 Å². The number of sulfonamides is 1. The van der Waals surface area contributed by atoms with Crippen molar-refractivity contribution in [1.82, 2.24) is 19.4 Å². The van der Waals surface area contributed by atoms with Crippen molar-refractivity contribution >= 4 is 15.8 Å². The van der Waals surface area contributed by atoms with Crippen molar-refractivity contribution in [2.75, 3.05) is 32.4 Å². The van der Waals surface area contributed by atoms with Crippen molar-refractivity contribution in [3.63, 3.8) is 0 Å². The van der Waals surface area contributed by atoms with Crippen molar-refractivity contribution in [2.24, 2.45) is 0 Å². The van der Waals surface area contributed by atoms with E-state index in [2.05, 4.69) is 9.82 Å². The summed E-state index contributed by atoms with van der Waals surface area (Å²) < 4.78 is 28.0. The minimum atomic E-state index is -3.57. The first kappa shape index (κ1) is 14.9. The van der Waals surface area contributed by atoms with E-state index in [4.69, 9.17) is 5.73 Å². The first-order valence-corrected chi connectivity index (χ1v) is 7.40. The zero-order valence-electron chi connectivity index (χ0n) is 11.0. The molecule has 0 saturated heterocycles. The number of hydrogen-bond acceptors (Lipinski definition) is 5. The molecule has 0 spiro atoms. The van der Waals surface area contributed by atoms with E-state index in [-0.39, 0.29) is 10.7 Å². The van der Waals surface area contributed by atoms with Gasteiger partial charge in [0.15, 0.2) is 5.82 Å². The smallest absolute Gasteiger partial charge is 0.245 e. The van der Waals surface area contributed by atoms with Crippen molar-refractivity contribution in [3.05, 3.63) is 6.20 Å². The molecule has 0 unspecified atom stereocenters. The van der Waals surface area contributed by atoms with Gasteiger partial charge in [0.25, 0.3) is 0 Å². The number of anilines is 1. The third kappa shape index (κ3) is 3.69. The van der Waals surface area contributed by atoms with Crippen LogP contribution in [-0.2, 0) is 16.6 Å². The fraction of sp³-hybridized carbons (Fsp3) is 0.700. The molecule has 1 aromatic heterocycles. The molecule has 1 aromatic rings. The lowest BCUT2D eigenvalue weighted by molar-refractivity contribution is 0.358. The van der Waals surface area contributed by atoms with Crippen LogP contribution in [0, 0.1) is 0 Å². The number of aromatic nitrogens is 2. The van der Waals surface area contributed by atoms with Gasteiger partial charge in [0.2, 0.25) is 10.0 Å². The summed E-state index contributed by atoms with van der Waals surface area (Å²) in [6.45, 7) is 6.33. The first-order valence-electron chi connectivity index (χ1n) is 5.91. The lowest BCUT2D eigenvalue weighted by Gasteiger charge is -2.13. The number of nitrogens with two attached hydrogens (primary N) is 1. The molecule has 0 saturated carbocycles. The molecular weight excluding hydrogens is 254 g/mol. The second-order valence-corrected chi connectivity index (χ2v) is 5.76. The molecule has 0 aliphatic carbocycles. The Morgan fingerprint density at radius 2 is 2.17 bits per heavy atom. The van der Waals surface area contributed by atoms with Gasteiger partial charge in [0, 0.05) is 25.8 Å². The number of likely N-dealkylation sites (N-methyl/N-ethyl adjacent to an activating group) is 1. The number of nitrogens with zero attached hydrogens (tertiary/aromatic N) is 3. The van der Waals surface area contributed by atoms with Crippen LogP contribution in [0.2, 0.25) is 0 Å². The molecule has 18 heavy (non-hydrogen) atoms. The van der Waals surface area contributed by atoms with Gasteiger partial charge in [-0.15, -0.1) is 0 Å². The van der Waals surface area contributed by atoms with Gasteiger partial charge < -0.3 is 10.6 Å². The van der Waals surface area contributed by atoms with Gasteiger partial charge in [-0.1, -0.05) is 6.92 Å². The maximum atomic E-state index is 12.0. The molecule has 7 nitrogen and oxygen atoms in total. The average molecular weight is 275 g/mol. The quantitative estimate of drug-likeness (QED) is 0.713. The van der Waals surface area contributed by atoms with E-state index >= 15 is 0 Å². The number of nitrogen functional groups attached to an aromatic ring is 1. The summed E-state index contributed by atoms with van der Waals surface area (Å²) in [5.74, 6) is 0.0354. The van der Waals surface area contributed by atoms with Gasteiger partial charge in [-0.2, -0.15) is 5.10 Å². The Balaban J connectivity index is 2.71. The van der Waals surface area contributed by atoms with Crippen molar-refractivity contribution < 1.29 is 8.42 Å². The molecule has 0 amide bonds. The topological polar surface area (TPSA) is 93.2 Å². The summed E-state index contributed by atoms with van der Waals surface area (Å²) in [5, 5.41) is 3.92. The highest BCUT2D eigenvalue weighted by Crippen LogP contribution is 2.15. The molecule has 0 fully saturated rings. The van der Waals surface area contributed by atoms with Crippen LogP contribution in [0.25, 0.3) is 0 Å². The lowest BCUT2D eigenvalue weighted by atomic mass is 10.5. The summed E-state index contributed by atoms with van der Waals surface area (Å²) in [4.78, 5) is 2.06. The minimum absolute atomic E-state index is 0.0354. The van der Waals surface area contributed by atoms with Gasteiger partial charge >= 0.3 is 0 Å². The van der Waals surface area contributed by atoms with Crippen LogP contribution in [0.5, 0.6) is 0 Å². The average Bonchev–Trinajstić information content (AvgIpc) is 2.71. The number of rotatable bonds is 7. The van der Waals surface area contributed by atoms with E-state index in [9.17, 15) is 8.42 Å². The maximum Gasteiger partial charge on any atom is 0.245 e. The van der Waals surface area contributed by atoms with E-state index in [0.29, 0.717) is 19.6 Å². The van der Waals surface area contributed by atoms with Crippen molar-refractivity contribution in [2.45, 2.75) is 25.3 Å². The molecular formula is C10H21N5O2S. The minimum Gasteiger partial charge on any atom is -0.381 e. The van der Waals surface area contributed by atoms with Gasteiger partial charge in [-0.3, -0.25) is 4.68 Å². The molecule has 1 rings (SSSR count). The third-order valence-corrected chi connectivity index (χ3v) is 4.17. The molecule has 3 N–H and O–H groups in total. The number of nitrogens with one attached hydrogen (secondary N) is 1. The predicted octanol–water partition coefficient (Wildman–Crippen LogP) is -0.285. The van der Waals surface area contributed by atoms with Gasteiger partial charge in [-0.05, 0) is 20.5 Å². The summed E-state index contributed by atoms with van der Waals surface area (Å²) in [5.41, 5.74) is 5.60. The van der Waals surface area contributed by atoms with E-state index < -0.39 is 10.0 Å². The highest BCUT2D eigenvalue weighted by Gasteiger charge is 2.20. The molecule has 0 aliphatic rings. The first-order chi connectivity index (χ1) is 8.40. The largest absolute Gasteiger partial charge is 0.381 e. The molecule has 0 aliphatic heterocycles. The Hall–Kier alpha value is -1.12. The monoisotopic (exact) mass is 275 g/mol. The van der Waals surface area contributed by atoms with E-state index in [1.54, 1.807) is 0 Å². The van der Waals surface area contributed by atoms with Crippen LogP contribution in [0.4, 0.5) is 5.82 Å². The Morgan fingerprint density at radius 3 is 2.67 bits per heavy atom. The number of hydrogen-bond donors (Lipinski definition) is 2. The van der Waals surface area contributed by atoms with Crippen LogP contribution >= 0.6 is 0 Å². The molecule has 0 radical (unpaired) electrons. The van der Waals surface area contributed by atoms with Gasteiger partial charge in [0.1, 0.15) is 4.90 Å². The summed E-state index contributed by atoms with van der Waals surface area (Å²) in [6.07, 6.45) is 1.45. The SMILES string of the molecule is CCN(C)CCNS(=O)(=O)c1cn(CC)nc1N. The van der Waals surface area contributed by atoms with Crippen LogP contribution < -0.4 is 10.5 Å². The zero-order valence-corrected chi connectivity index (χ0v) is 11.9. The highest BCUT2D eigenvalue weighted by atomic mass is 32.2. The molecule has 104 valence electrons.